The second-order valence-electron chi connectivity index (χ2n) is 14.4. The lowest BCUT2D eigenvalue weighted by Gasteiger charge is -2.57. The van der Waals surface area contributed by atoms with Gasteiger partial charge in [-0.2, -0.15) is 5.23 Å². The number of phenols is 1. The Kier molecular flexibility index (Phi) is 10.2. The Morgan fingerprint density at radius 1 is 1.10 bits per heavy atom. The number of nitrogens with one attached hydrogen (secondary N) is 2. The number of fused-ring (bicyclic) bond motifs is 5. The van der Waals surface area contributed by atoms with Crippen molar-refractivity contribution in [2.24, 2.45) is 28.6 Å². The smallest absolute Gasteiger partial charge is 0.328 e. The predicted octanol–water partition coefficient (Wildman–Crippen LogP) is 1.33. The highest BCUT2D eigenvalue weighted by molar-refractivity contribution is 5.95. The fourth-order valence-corrected chi connectivity index (χ4v) is 9.12. The summed E-state index contributed by atoms with van der Waals surface area (Å²) in [5.74, 6) is -3.90. The molecule has 0 bridgehead atoms. The summed E-state index contributed by atoms with van der Waals surface area (Å²) in [6, 6.07) is 2.49. The van der Waals surface area contributed by atoms with Crippen molar-refractivity contribution < 1.29 is 58.9 Å². The number of amides is 1. The third-order valence-electron chi connectivity index (χ3n) is 11.7. The third-order valence-corrected chi connectivity index (χ3v) is 11.7. The van der Waals surface area contributed by atoms with Crippen LogP contribution < -0.4 is 10.5 Å². The fourth-order valence-electron chi connectivity index (χ4n) is 9.12. The number of aliphatic hydroxyl groups is 1. The number of esters is 2. The number of carbonyl (C=O) groups is 6. The van der Waals surface area contributed by atoms with Crippen molar-refractivity contribution in [1.29, 1.82) is 0 Å². The van der Waals surface area contributed by atoms with E-state index in [0.717, 1.165) is 18.7 Å². The molecule has 0 spiro atoms. The molecule has 0 aliphatic heterocycles. The van der Waals surface area contributed by atoms with Gasteiger partial charge in [0.25, 0.3) is 0 Å². The van der Waals surface area contributed by atoms with E-state index in [0.29, 0.717) is 37.7 Å². The van der Waals surface area contributed by atoms with Crippen LogP contribution in [-0.2, 0) is 44.7 Å². The first-order chi connectivity index (χ1) is 23.0. The number of ether oxygens (including phenoxy) is 2. The van der Waals surface area contributed by atoms with Gasteiger partial charge in [0, 0.05) is 43.1 Å². The van der Waals surface area contributed by atoms with E-state index in [2.05, 4.69) is 12.2 Å². The number of methoxy groups -OCH3 is 1. The molecule has 0 aromatic heterocycles. The Bertz CT molecular complexity index is 1590. The number of aromatic hydroxyl groups is 1. The average Bonchev–Trinajstić information content (AvgIpc) is 3.33. The number of quaternary nitrogens is 1. The first kappa shape index (κ1) is 36.3. The summed E-state index contributed by atoms with van der Waals surface area (Å²) in [7, 11) is 1.11. The molecule has 2 unspecified atom stereocenters. The molecule has 14 heteroatoms. The number of Topliss-reactive ketones (excluding diaryl/α,β-unsaturated/α-hetero) is 2. The molecular weight excluding hydrogens is 640 g/mol. The minimum absolute atomic E-state index is 0.00906. The minimum atomic E-state index is -1.88. The Balaban J connectivity index is 1.16. The summed E-state index contributed by atoms with van der Waals surface area (Å²) in [6.07, 6.45) is 3.80. The van der Waals surface area contributed by atoms with Crippen molar-refractivity contribution in [1.82, 2.24) is 5.32 Å². The van der Waals surface area contributed by atoms with E-state index in [4.69, 9.17) is 9.47 Å². The quantitative estimate of drug-likeness (QED) is 0.127. The summed E-state index contributed by atoms with van der Waals surface area (Å²) in [4.78, 5) is 77.0. The van der Waals surface area contributed by atoms with Crippen LogP contribution in [0.15, 0.2) is 29.8 Å². The first-order valence-corrected chi connectivity index (χ1v) is 16.6. The van der Waals surface area contributed by atoms with E-state index in [1.165, 1.54) is 12.1 Å². The van der Waals surface area contributed by atoms with Gasteiger partial charge in [0.2, 0.25) is 17.4 Å². The van der Waals surface area contributed by atoms with Crippen LogP contribution in [0, 0.1) is 33.8 Å². The second-order valence-corrected chi connectivity index (χ2v) is 14.4. The molecule has 49 heavy (non-hydrogen) atoms. The number of allylic oxidation sites excluding steroid dienone is 1. The van der Waals surface area contributed by atoms with Crippen LogP contribution in [0.2, 0.25) is 0 Å². The molecule has 0 saturated heterocycles. The highest BCUT2D eigenvalue weighted by atomic mass is 16.8. The summed E-state index contributed by atoms with van der Waals surface area (Å²) >= 11 is 0. The lowest BCUT2D eigenvalue weighted by atomic mass is 9.46. The lowest BCUT2D eigenvalue weighted by molar-refractivity contribution is -0.991. The number of hydrogen-bond donors (Lipinski definition) is 5. The molecule has 0 heterocycles. The highest BCUT2D eigenvalue weighted by Crippen LogP contribution is 2.66. The number of hydrogen-bond acceptors (Lipinski definition) is 12. The van der Waals surface area contributed by atoms with Crippen LogP contribution in [0.1, 0.15) is 77.2 Å². The van der Waals surface area contributed by atoms with Gasteiger partial charge in [-0.15, -0.1) is 0 Å². The summed E-state index contributed by atoms with van der Waals surface area (Å²) in [6.45, 7) is 3.11. The highest BCUT2D eigenvalue weighted by Gasteiger charge is 2.68. The lowest BCUT2D eigenvalue weighted by Crippen LogP contribution is -2.99. The molecule has 4 aliphatic rings. The summed E-state index contributed by atoms with van der Waals surface area (Å²) in [5, 5.41) is 43.2. The number of phenolic OH excluding ortho intramolecular Hbond substituents is 1. The Morgan fingerprint density at radius 3 is 2.53 bits per heavy atom. The summed E-state index contributed by atoms with van der Waals surface area (Å²) in [5.41, 5.74) is -2.36. The molecule has 5 N–H and O–H groups in total. The average molecular weight is 685 g/mol. The van der Waals surface area contributed by atoms with Gasteiger partial charge in [-0.05, 0) is 67.1 Å². The Hall–Kier alpha value is -3.98. The van der Waals surface area contributed by atoms with E-state index >= 15 is 0 Å². The van der Waals surface area contributed by atoms with Gasteiger partial charge in [-0.3, -0.25) is 24.0 Å². The maximum absolute atomic E-state index is 13.8. The molecule has 3 fully saturated rings. The van der Waals surface area contributed by atoms with Crippen LogP contribution in [-0.4, -0.2) is 76.0 Å². The zero-order valence-electron chi connectivity index (χ0n) is 27.9. The SMILES string of the molecule is COC(=O)C(Cc1ccc(O)c([NH+]([O-])O)c1)NC(=O)CCC(=O)OCC(=O)[C@@]1(O)CC[C@H]2[C@@H]3CCC4=CC(=O)CC[C@]4(C)[C@H]3C(=O)C[C@@]21C. The normalized spacial score (nSPS) is 31.7. The molecular formula is C35H44N2O12. The standard InChI is InChI=1S/C35H44N2O12/c1-33-12-10-21(38)16-20(33)5-6-22-23-11-13-35(45,34(23,2)17-27(40)31(22)33)28(41)18-49-30(43)9-8-29(42)36-24(32(44)48-3)14-19-4-7-26(39)25(15-19)37(46)47/h4,7,15-16,22-24,31,37,39,45-46H,5-6,8-14,17-18H2,1-3H3,(H,36,42)/t22-,23-,24?,31+,33-,34-,35-/m0/s1. The van der Waals surface area contributed by atoms with Gasteiger partial charge < -0.3 is 30.2 Å². The van der Waals surface area contributed by atoms with Gasteiger partial charge in [0.1, 0.15) is 17.4 Å². The van der Waals surface area contributed by atoms with Gasteiger partial charge in [0.05, 0.1) is 13.5 Å². The molecule has 14 nitrogen and oxygen atoms in total. The fraction of sp³-hybridized carbons (Fsp3) is 0.600. The third kappa shape index (κ3) is 6.66. The largest absolute Gasteiger partial charge is 0.595 e. The van der Waals surface area contributed by atoms with E-state index in [1.54, 1.807) is 13.0 Å². The van der Waals surface area contributed by atoms with Gasteiger partial charge in [-0.25, -0.2) is 10.0 Å². The van der Waals surface area contributed by atoms with E-state index < -0.39 is 76.5 Å². The van der Waals surface area contributed by atoms with Crippen molar-refractivity contribution in [3.63, 3.8) is 0 Å². The Labute approximate surface area is 283 Å². The first-order valence-electron chi connectivity index (χ1n) is 16.6. The van der Waals surface area contributed by atoms with Crippen LogP contribution in [0.3, 0.4) is 0 Å². The molecule has 0 radical (unpaired) electrons. The predicted molar refractivity (Wildman–Crippen MR) is 169 cm³/mol. The van der Waals surface area contributed by atoms with Crippen LogP contribution in [0.5, 0.6) is 5.75 Å². The molecule has 4 aliphatic carbocycles. The number of rotatable bonds is 11. The summed E-state index contributed by atoms with van der Waals surface area (Å²) < 4.78 is 9.92. The topological polar surface area (TPSA) is 221 Å². The van der Waals surface area contributed by atoms with E-state index in [1.807, 2.05) is 0 Å². The van der Waals surface area contributed by atoms with E-state index in [9.17, 15) is 49.4 Å². The van der Waals surface area contributed by atoms with Crippen molar-refractivity contribution in [2.75, 3.05) is 13.7 Å². The monoisotopic (exact) mass is 684 g/mol. The number of carbonyl (C=O) groups excluding carboxylic acids is 6. The van der Waals surface area contributed by atoms with Crippen molar-refractivity contribution in [2.45, 2.75) is 89.7 Å². The number of benzene rings is 1. The van der Waals surface area contributed by atoms with Gasteiger partial charge in [-0.1, -0.05) is 25.5 Å². The van der Waals surface area contributed by atoms with Crippen LogP contribution in [0.4, 0.5) is 5.69 Å². The van der Waals surface area contributed by atoms with Crippen LogP contribution >= 0.6 is 0 Å². The molecule has 5 rings (SSSR count). The van der Waals surface area contributed by atoms with Gasteiger partial charge in [0.15, 0.2) is 18.1 Å². The second kappa shape index (κ2) is 13.7. The Morgan fingerprint density at radius 2 is 1.84 bits per heavy atom. The van der Waals surface area contributed by atoms with Crippen molar-refractivity contribution >= 4 is 40.9 Å². The maximum atomic E-state index is 13.8. The van der Waals surface area contributed by atoms with Crippen molar-refractivity contribution in [3.05, 3.63) is 40.6 Å². The molecule has 1 amide bonds. The minimum Gasteiger partial charge on any atom is -0.595 e. The van der Waals surface area contributed by atoms with Crippen LogP contribution in [0.25, 0.3) is 0 Å². The van der Waals surface area contributed by atoms with Gasteiger partial charge >= 0.3 is 11.9 Å². The van der Waals surface area contributed by atoms with Crippen molar-refractivity contribution in [3.8, 4) is 5.75 Å². The molecule has 1 aromatic rings. The zero-order chi connectivity index (χ0) is 35.9. The van der Waals surface area contributed by atoms with E-state index in [-0.39, 0.29) is 54.3 Å². The zero-order valence-corrected chi connectivity index (χ0v) is 27.9. The molecule has 8 atom stereocenters. The molecule has 266 valence electrons. The maximum Gasteiger partial charge on any atom is 0.328 e. The molecule has 3 saturated carbocycles. The molecule has 1 aromatic carbocycles. The number of ketones is 3.